The summed E-state index contributed by atoms with van der Waals surface area (Å²) in [4.78, 5) is 25.9. The molecular formula is C21H19N3O3S. The second-order valence-corrected chi connectivity index (χ2v) is 7.44. The minimum absolute atomic E-state index is 0.108. The molecule has 0 atom stereocenters. The zero-order valence-electron chi connectivity index (χ0n) is 15.5. The van der Waals surface area contributed by atoms with Gasteiger partial charge in [0.1, 0.15) is 5.76 Å². The summed E-state index contributed by atoms with van der Waals surface area (Å²) in [5.41, 5.74) is 2.71. The second-order valence-electron chi connectivity index (χ2n) is 6.43. The molecule has 28 heavy (non-hydrogen) atoms. The molecule has 142 valence electrons. The number of benzene rings is 2. The predicted molar refractivity (Wildman–Crippen MR) is 111 cm³/mol. The van der Waals surface area contributed by atoms with Crippen molar-refractivity contribution in [1.82, 2.24) is 9.13 Å². The van der Waals surface area contributed by atoms with E-state index >= 15 is 0 Å². The molecule has 0 aliphatic carbocycles. The SMILES string of the molecule is Cn1c(=O)n(C)c2cc(SCc3ccco3)c(NC(=O)c3ccccc3)cc21. The molecule has 6 nitrogen and oxygen atoms in total. The minimum Gasteiger partial charge on any atom is -0.468 e. The average molecular weight is 393 g/mol. The lowest BCUT2D eigenvalue weighted by Gasteiger charge is -2.12. The number of rotatable bonds is 5. The molecule has 2 heterocycles. The Hall–Kier alpha value is -3.19. The number of fused-ring (bicyclic) bond motifs is 1. The van der Waals surface area contributed by atoms with Gasteiger partial charge in [-0.15, -0.1) is 11.8 Å². The number of imidazole rings is 1. The van der Waals surface area contributed by atoms with E-state index in [4.69, 9.17) is 4.42 Å². The number of nitrogens with one attached hydrogen (secondary N) is 1. The predicted octanol–water partition coefficient (Wildman–Crippen LogP) is 4.01. The molecule has 0 saturated carbocycles. The number of thioether (sulfide) groups is 1. The molecule has 0 aliphatic heterocycles. The smallest absolute Gasteiger partial charge is 0.328 e. The Morgan fingerprint density at radius 1 is 1.04 bits per heavy atom. The fraction of sp³-hybridized carbons (Fsp3) is 0.143. The fourth-order valence-electron chi connectivity index (χ4n) is 3.07. The lowest BCUT2D eigenvalue weighted by molar-refractivity contribution is 0.102. The summed E-state index contributed by atoms with van der Waals surface area (Å²) in [6, 6.07) is 16.6. The number of anilines is 1. The van der Waals surface area contributed by atoms with Gasteiger partial charge in [0.15, 0.2) is 0 Å². The second kappa shape index (κ2) is 7.44. The Morgan fingerprint density at radius 2 is 1.75 bits per heavy atom. The van der Waals surface area contributed by atoms with Crippen molar-refractivity contribution in [2.75, 3.05) is 5.32 Å². The highest BCUT2D eigenvalue weighted by atomic mass is 32.2. The van der Waals surface area contributed by atoms with Crippen LogP contribution in [0.4, 0.5) is 5.69 Å². The van der Waals surface area contributed by atoms with Crippen LogP contribution in [0, 0.1) is 0 Å². The van der Waals surface area contributed by atoms with E-state index in [1.54, 1.807) is 53.4 Å². The van der Waals surface area contributed by atoms with Gasteiger partial charge in [0.2, 0.25) is 0 Å². The van der Waals surface area contributed by atoms with Gasteiger partial charge in [-0.05, 0) is 36.4 Å². The largest absolute Gasteiger partial charge is 0.468 e. The van der Waals surface area contributed by atoms with Gasteiger partial charge in [-0.1, -0.05) is 18.2 Å². The van der Waals surface area contributed by atoms with Crippen molar-refractivity contribution in [1.29, 1.82) is 0 Å². The van der Waals surface area contributed by atoms with Gasteiger partial charge in [-0.25, -0.2) is 4.79 Å². The molecule has 1 amide bonds. The van der Waals surface area contributed by atoms with Crippen molar-refractivity contribution in [3.63, 3.8) is 0 Å². The molecule has 4 aromatic rings. The van der Waals surface area contributed by atoms with Crippen LogP contribution in [0.2, 0.25) is 0 Å². The van der Waals surface area contributed by atoms with Gasteiger partial charge in [-0.2, -0.15) is 0 Å². The standard InChI is InChI=1S/C21H19N3O3S/c1-23-17-11-16(22-20(25)14-7-4-3-5-8-14)19(12-18(17)24(2)21(23)26)28-13-15-9-6-10-27-15/h3-12H,13H2,1-2H3,(H,22,25). The molecule has 0 spiro atoms. The van der Waals surface area contributed by atoms with Crippen LogP contribution in [-0.2, 0) is 19.8 Å². The van der Waals surface area contributed by atoms with E-state index in [1.165, 1.54) is 0 Å². The van der Waals surface area contributed by atoms with Crippen LogP contribution in [0.5, 0.6) is 0 Å². The summed E-state index contributed by atoms with van der Waals surface area (Å²) in [7, 11) is 3.47. The lowest BCUT2D eigenvalue weighted by Crippen LogP contribution is -2.19. The zero-order valence-corrected chi connectivity index (χ0v) is 16.3. The van der Waals surface area contributed by atoms with Crippen LogP contribution >= 0.6 is 11.8 Å². The van der Waals surface area contributed by atoms with Crippen LogP contribution in [0.1, 0.15) is 16.1 Å². The van der Waals surface area contributed by atoms with Crippen LogP contribution in [0.25, 0.3) is 11.0 Å². The minimum atomic E-state index is -0.194. The van der Waals surface area contributed by atoms with Gasteiger partial charge in [0.05, 0.1) is 28.7 Å². The number of aryl methyl sites for hydroxylation is 2. The Labute approximate surface area is 165 Å². The van der Waals surface area contributed by atoms with E-state index in [0.29, 0.717) is 17.0 Å². The summed E-state index contributed by atoms with van der Waals surface area (Å²) in [5.74, 6) is 1.26. The number of carbonyl (C=O) groups is 1. The molecule has 0 radical (unpaired) electrons. The van der Waals surface area contributed by atoms with Crippen molar-refractivity contribution in [2.45, 2.75) is 10.6 Å². The first kappa shape index (κ1) is 18.2. The highest BCUT2D eigenvalue weighted by molar-refractivity contribution is 7.98. The quantitative estimate of drug-likeness (QED) is 0.520. The van der Waals surface area contributed by atoms with Gasteiger partial charge in [-0.3, -0.25) is 13.9 Å². The first-order chi connectivity index (χ1) is 13.5. The van der Waals surface area contributed by atoms with E-state index in [9.17, 15) is 9.59 Å². The first-order valence-electron chi connectivity index (χ1n) is 8.75. The molecule has 2 aromatic carbocycles. The fourth-order valence-corrected chi connectivity index (χ4v) is 3.99. The third kappa shape index (κ3) is 3.36. The molecule has 0 saturated heterocycles. The molecule has 0 aliphatic rings. The maximum absolute atomic E-state index is 12.7. The van der Waals surface area contributed by atoms with Crippen LogP contribution in [0.3, 0.4) is 0 Å². The lowest BCUT2D eigenvalue weighted by atomic mass is 10.2. The van der Waals surface area contributed by atoms with Crippen molar-refractivity contribution < 1.29 is 9.21 Å². The van der Waals surface area contributed by atoms with Gasteiger partial charge in [0.25, 0.3) is 5.91 Å². The summed E-state index contributed by atoms with van der Waals surface area (Å²) in [6.45, 7) is 0. The zero-order chi connectivity index (χ0) is 19.7. The van der Waals surface area contributed by atoms with Crippen LogP contribution < -0.4 is 11.0 Å². The summed E-state index contributed by atoms with van der Waals surface area (Å²) >= 11 is 1.55. The van der Waals surface area contributed by atoms with Gasteiger partial charge in [0, 0.05) is 24.6 Å². The highest BCUT2D eigenvalue weighted by Gasteiger charge is 2.16. The normalized spacial score (nSPS) is 11.1. The maximum Gasteiger partial charge on any atom is 0.328 e. The van der Waals surface area contributed by atoms with Crippen molar-refractivity contribution in [2.24, 2.45) is 14.1 Å². The molecular weight excluding hydrogens is 374 g/mol. The first-order valence-corrected chi connectivity index (χ1v) is 9.74. The summed E-state index contributed by atoms with van der Waals surface area (Å²) < 4.78 is 8.60. The Bertz CT molecular complexity index is 1190. The van der Waals surface area contributed by atoms with E-state index < -0.39 is 0 Å². The molecule has 0 fully saturated rings. The monoisotopic (exact) mass is 393 g/mol. The average Bonchev–Trinajstić information content (AvgIpc) is 3.31. The maximum atomic E-state index is 12.7. The number of amides is 1. The number of nitrogens with zero attached hydrogens (tertiary/aromatic N) is 2. The van der Waals surface area contributed by atoms with Crippen LogP contribution in [-0.4, -0.2) is 15.0 Å². The van der Waals surface area contributed by atoms with E-state index in [2.05, 4.69) is 5.32 Å². The molecule has 4 rings (SSSR count). The van der Waals surface area contributed by atoms with Gasteiger partial charge >= 0.3 is 5.69 Å². The number of aromatic nitrogens is 2. The number of carbonyl (C=O) groups excluding carboxylic acids is 1. The molecule has 0 bridgehead atoms. The Kier molecular flexibility index (Phi) is 4.83. The summed E-state index contributed by atoms with van der Waals surface area (Å²) in [6.07, 6.45) is 1.64. The third-order valence-electron chi connectivity index (χ3n) is 4.61. The van der Waals surface area contributed by atoms with E-state index in [0.717, 1.165) is 21.7 Å². The van der Waals surface area contributed by atoms with Crippen LogP contribution in [0.15, 0.2) is 75.0 Å². The Morgan fingerprint density at radius 3 is 2.43 bits per heavy atom. The van der Waals surface area contributed by atoms with Crippen molar-refractivity contribution in [3.8, 4) is 0 Å². The molecule has 7 heteroatoms. The van der Waals surface area contributed by atoms with Crippen molar-refractivity contribution >= 4 is 34.4 Å². The summed E-state index contributed by atoms with van der Waals surface area (Å²) in [5, 5.41) is 2.99. The number of furan rings is 1. The topological polar surface area (TPSA) is 69.2 Å². The number of hydrogen-bond donors (Lipinski definition) is 1. The van der Waals surface area contributed by atoms with Crippen molar-refractivity contribution in [3.05, 3.63) is 82.7 Å². The molecule has 1 N–H and O–H groups in total. The Balaban J connectivity index is 1.75. The molecule has 0 unspecified atom stereocenters. The molecule has 2 aromatic heterocycles. The third-order valence-corrected chi connectivity index (χ3v) is 5.69. The van der Waals surface area contributed by atoms with Gasteiger partial charge < -0.3 is 9.73 Å². The van der Waals surface area contributed by atoms with E-state index in [-0.39, 0.29) is 11.6 Å². The number of hydrogen-bond acceptors (Lipinski definition) is 4. The highest BCUT2D eigenvalue weighted by Crippen LogP contribution is 2.34. The van der Waals surface area contributed by atoms with E-state index in [1.807, 2.05) is 42.5 Å².